The van der Waals surface area contributed by atoms with E-state index in [2.05, 4.69) is 4.90 Å². The normalized spacial score (nSPS) is 14.9. The third-order valence-corrected chi connectivity index (χ3v) is 4.66. The monoisotopic (exact) mass is 331 g/mol. The molecule has 0 unspecified atom stereocenters. The van der Waals surface area contributed by atoms with Gasteiger partial charge in [0.2, 0.25) is 0 Å². The third kappa shape index (κ3) is 2.60. The van der Waals surface area contributed by atoms with Gasteiger partial charge in [-0.3, -0.25) is 14.9 Å². The molecule has 0 aliphatic carbocycles. The van der Waals surface area contributed by atoms with E-state index in [4.69, 9.17) is 4.74 Å². The summed E-state index contributed by atoms with van der Waals surface area (Å²) in [6.45, 7) is 4.81. The number of ether oxygens (including phenoxy) is 1. The SMILES string of the molecule is CC(=O)Oc1ccc2c([N+](=O)[O-])c(C)n(C)c2c1N1CCCCC1. The predicted octanol–water partition coefficient (Wildman–Crippen LogP) is 3.31. The van der Waals surface area contributed by atoms with E-state index in [1.165, 1.54) is 13.3 Å². The summed E-state index contributed by atoms with van der Waals surface area (Å²) in [5, 5.41) is 12.1. The second-order valence-electron chi connectivity index (χ2n) is 6.20. The molecule has 24 heavy (non-hydrogen) atoms. The molecule has 1 aliphatic heterocycles. The number of piperidine rings is 1. The predicted molar refractivity (Wildman–Crippen MR) is 91.7 cm³/mol. The number of hydrogen-bond donors (Lipinski definition) is 0. The standard InChI is InChI=1S/C17H21N3O4/c1-11-15(20(22)23)13-7-8-14(24-12(2)21)17(16(13)18(11)3)19-9-5-4-6-10-19/h7-8H,4-6,9-10H2,1-3H3. The van der Waals surface area contributed by atoms with Crippen molar-refractivity contribution < 1.29 is 14.5 Å². The fraction of sp³-hybridized carbons (Fsp3) is 0.471. The van der Waals surface area contributed by atoms with Crippen molar-refractivity contribution in [2.24, 2.45) is 7.05 Å². The van der Waals surface area contributed by atoms with Crippen LogP contribution in [0.15, 0.2) is 12.1 Å². The summed E-state index contributed by atoms with van der Waals surface area (Å²) in [4.78, 5) is 24.8. The van der Waals surface area contributed by atoms with E-state index in [1.54, 1.807) is 19.1 Å². The molecule has 0 bridgehead atoms. The lowest BCUT2D eigenvalue weighted by atomic mass is 10.1. The first-order valence-electron chi connectivity index (χ1n) is 8.11. The van der Waals surface area contributed by atoms with Crippen LogP contribution in [-0.4, -0.2) is 28.5 Å². The van der Waals surface area contributed by atoms with E-state index in [1.807, 2.05) is 11.6 Å². The molecule has 128 valence electrons. The van der Waals surface area contributed by atoms with Crippen molar-refractivity contribution in [1.82, 2.24) is 4.57 Å². The first-order chi connectivity index (χ1) is 11.4. The van der Waals surface area contributed by atoms with Gasteiger partial charge in [0.15, 0.2) is 5.75 Å². The summed E-state index contributed by atoms with van der Waals surface area (Å²) >= 11 is 0. The second-order valence-corrected chi connectivity index (χ2v) is 6.20. The maximum absolute atomic E-state index is 11.5. The number of fused-ring (bicyclic) bond motifs is 1. The van der Waals surface area contributed by atoms with Crippen molar-refractivity contribution in [2.45, 2.75) is 33.1 Å². The number of nitro groups is 1. The molecule has 1 aromatic carbocycles. The Hall–Kier alpha value is -2.57. The van der Waals surface area contributed by atoms with Crippen LogP contribution in [0.1, 0.15) is 31.9 Å². The smallest absolute Gasteiger partial charge is 0.308 e. The van der Waals surface area contributed by atoms with E-state index in [0.29, 0.717) is 16.8 Å². The Morgan fingerprint density at radius 1 is 1.25 bits per heavy atom. The van der Waals surface area contributed by atoms with E-state index >= 15 is 0 Å². The Balaban J connectivity index is 2.31. The van der Waals surface area contributed by atoms with Crippen LogP contribution >= 0.6 is 0 Å². The van der Waals surface area contributed by atoms with Crippen LogP contribution in [0.2, 0.25) is 0 Å². The highest BCUT2D eigenvalue weighted by molar-refractivity contribution is 6.02. The first-order valence-corrected chi connectivity index (χ1v) is 8.11. The van der Waals surface area contributed by atoms with Gasteiger partial charge in [0, 0.05) is 27.1 Å². The molecule has 0 radical (unpaired) electrons. The van der Waals surface area contributed by atoms with E-state index in [-0.39, 0.29) is 10.6 Å². The number of carbonyl (C=O) groups is 1. The van der Waals surface area contributed by atoms with Crippen LogP contribution in [0.5, 0.6) is 5.75 Å². The molecule has 0 spiro atoms. The highest BCUT2D eigenvalue weighted by Gasteiger charge is 2.28. The van der Waals surface area contributed by atoms with E-state index in [9.17, 15) is 14.9 Å². The van der Waals surface area contributed by atoms with E-state index < -0.39 is 5.97 Å². The number of hydrogen-bond acceptors (Lipinski definition) is 5. The number of esters is 1. The number of rotatable bonds is 3. The van der Waals surface area contributed by atoms with Gasteiger partial charge in [-0.15, -0.1) is 0 Å². The van der Waals surface area contributed by atoms with Gasteiger partial charge in [0.05, 0.1) is 21.5 Å². The van der Waals surface area contributed by atoms with Gasteiger partial charge < -0.3 is 14.2 Å². The highest BCUT2D eigenvalue weighted by Crippen LogP contribution is 2.43. The van der Waals surface area contributed by atoms with Crippen molar-refractivity contribution >= 4 is 28.2 Å². The molecule has 7 nitrogen and oxygen atoms in total. The molecule has 7 heteroatoms. The molecule has 0 saturated carbocycles. The summed E-state index contributed by atoms with van der Waals surface area (Å²) in [7, 11) is 1.82. The minimum atomic E-state index is -0.395. The lowest BCUT2D eigenvalue weighted by Crippen LogP contribution is -2.30. The van der Waals surface area contributed by atoms with Crippen LogP contribution in [0.25, 0.3) is 10.9 Å². The van der Waals surface area contributed by atoms with Gasteiger partial charge in [-0.05, 0) is 38.3 Å². The van der Waals surface area contributed by atoms with Crippen LogP contribution < -0.4 is 9.64 Å². The molecule has 0 atom stereocenters. The van der Waals surface area contributed by atoms with Crippen LogP contribution in [0.4, 0.5) is 11.4 Å². The van der Waals surface area contributed by atoms with Gasteiger partial charge in [0.1, 0.15) is 5.69 Å². The lowest BCUT2D eigenvalue weighted by molar-refractivity contribution is -0.383. The van der Waals surface area contributed by atoms with E-state index in [0.717, 1.165) is 37.1 Å². The van der Waals surface area contributed by atoms with Crippen molar-refractivity contribution in [2.75, 3.05) is 18.0 Å². The minimum Gasteiger partial charge on any atom is -0.424 e. The summed E-state index contributed by atoms with van der Waals surface area (Å²) in [6, 6.07) is 3.34. The Labute approximate surface area is 139 Å². The number of anilines is 1. The molecule has 2 heterocycles. The summed E-state index contributed by atoms with van der Waals surface area (Å²) < 4.78 is 7.23. The summed E-state index contributed by atoms with van der Waals surface area (Å²) in [6.07, 6.45) is 3.28. The number of carbonyl (C=O) groups excluding carboxylic acids is 1. The summed E-state index contributed by atoms with van der Waals surface area (Å²) in [5.41, 5.74) is 2.23. The maximum Gasteiger partial charge on any atom is 0.308 e. The Bertz CT molecular complexity index is 819. The maximum atomic E-state index is 11.5. The van der Waals surface area contributed by atoms with Crippen LogP contribution in [0.3, 0.4) is 0 Å². The first kappa shape index (κ1) is 16.3. The number of nitrogens with zero attached hydrogens (tertiary/aromatic N) is 3. The minimum absolute atomic E-state index is 0.111. The average Bonchev–Trinajstić information content (AvgIpc) is 2.79. The molecule has 0 amide bonds. The molecule has 1 aromatic heterocycles. The molecule has 2 aromatic rings. The fourth-order valence-electron chi connectivity index (χ4n) is 3.50. The van der Waals surface area contributed by atoms with Crippen molar-refractivity contribution in [3.63, 3.8) is 0 Å². The topological polar surface area (TPSA) is 77.6 Å². The molecule has 0 N–H and O–H groups in total. The van der Waals surface area contributed by atoms with Crippen LogP contribution in [0, 0.1) is 17.0 Å². The van der Waals surface area contributed by atoms with Gasteiger partial charge >= 0.3 is 5.97 Å². The molecule has 1 saturated heterocycles. The molecular weight excluding hydrogens is 310 g/mol. The molecule has 1 aliphatic rings. The zero-order valence-corrected chi connectivity index (χ0v) is 14.2. The number of benzene rings is 1. The van der Waals surface area contributed by atoms with Gasteiger partial charge in [-0.25, -0.2) is 0 Å². The van der Waals surface area contributed by atoms with Crippen molar-refractivity contribution in [3.05, 3.63) is 27.9 Å². The fourth-order valence-corrected chi connectivity index (χ4v) is 3.50. The zero-order valence-electron chi connectivity index (χ0n) is 14.2. The van der Waals surface area contributed by atoms with Gasteiger partial charge in [-0.1, -0.05) is 0 Å². The van der Waals surface area contributed by atoms with Gasteiger partial charge in [0.25, 0.3) is 5.69 Å². The molecular formula is C17H21N3O4. The van der Waals surface area contributed by atoms with Gasteiger partial charge in [-0.2, -0.15) is 0 Å². The molecule has 3 rings (SSSR count). The Morgan fingerprint density at radius 3 is 2.50 bits per heavy atom. The number of aromatic nitrogens is 1. The quantitative estimate of drug-likeness (QED) is 0.373. The third-order valence-electron chi connectivity index (χ3n) is 4.66. The zero-order chi connectivity index (χ0) is 17.4. The summed E-state index contributed by atoms with van der Waals surface area (Å²) in [5.74, 6) is 0.0699. The van der Waals surface area contributed by atoms with Crippen molar-refractivity contribution in [1.29, 1.82) is 0 Å². The Morgan fingerprint density at radius 2 is 1.92 bits per heavy atom. The molecule has 1 fully saturated rings. The lowest BCUT2D eigenvalue weighted by Gasteiger charge is -2.30. The second kappa shape index (κ2) is 6.14. The van der Waals surface area contributed by atoms with Crippen LogP contribution in [-0.2, 0) is 11.8 Å². The Kier molecular flexibility index (Phi) is 4.17. The highest BCUT2D eigenvalue weighted by atomic mass is 16.6. The largest absolute Gasteiger partial charge is 0.424 e. The average molecular weight is 331 g/mol. The van der Waals surface area contributed by atoms with Crippen molar-refractivity contribution in [3.8, 4) is 5.75 Å². The number of aryl methyl sites for hydroxylation is 1.